The fourth-order valence-electron chi connectivity index (χ4n) is 3.29. The van der Waals surface area contributed by atoms with Gasteiger partial charge in [-0.1, -0.05) is 58.0 Å². The third-order valence-corrected chi connectivity index (χ3v) is 14.0. The second kappa shape index (κ2) is 11.6. The zero-order valence-corrected chi connectivity index (χ0v) is 22.3. The standard InChI is InChI=1S/C24H40O3S2Si/c1-7-21(25)16-24(28-14-11-15-29-24)17-22(27-30(5,6)23(2,3)4)19-26-18-20-12-9-8-10-13-20/h8-10,12-13,22H,7,11,14-19H2,1-6H3/t22-/m0/s1. The highest BCUT2D eigenvalue weighted by atomic mass is 32.2. The van der Waals surface area contributed by atoms with Crippen LogP contribution in [0, 0.1) is 0 Å². The topological polar surface area (TPSA) is 35.5 Å². The fourth-order valence-corrected chi connectivity index (χ4v) is 8.10. The van der Waals surface area contributed by atoms with Crippen molar-refractivity contribution >= 4 is 37.6 Å². The van der Waals surface area contributed by atoms with Gasteiger partial charge < -0.3 is 9.16 Å². The summed E-state index contributed by atoms with van der Waals surface area (Å²) in [7, 11) is -1.95. The van der Waals surface area contributed by atoms with Crippen molar-refractivity contribution in [2.75, 3.05) is 18.1 Å². The van der Waals surface area contributed by atoms with Crippen molar-refractivity contribution < 1.29 is 14.0 Å². The summed E-state index contributed by atoms with van der Waals surface area (Å²) in [5, 5.41) is 0.143. The predicted octanol–water partition coefficient (Wildman–Crippen LogP) is 6.92. The molecule has 1 atom stereocenters. The van der Waals surface area contributed by atoms with Crippen LogP contribution in [0.3, 0.4) is 0 Å². The monoisotopic (exact) mass is 468 g/mol. The molecule has 1 aliphatic rings. The molecule has 1 saturated heterocycles. The van der Waals surface area contributed by atoms with E-state index in [9.17, 15) is 4.79 Å². The van der Waals surface area contributed by atoms with Gasteiger partial charge in [-0.3, -0.25) is 4.79 Å². The Balaban J connectivity index is 2.14. The molecule has 1 aliphatic heterocycles. The zero-order valence-electron chi connectivity index (χ0n) is 19.7. The number of carbonyl (C=O) groups is 1. The molecule has 0 saturated carbocycles. The highest BCUT2D eigenvalue weighted by molar-refractivity contribution is 8.18. The smallest absolute Gasteiger partial charge is 0.192 e. The summed E-state index contributed by atoms with van der Waals surface area (Å²) in [6.45, 7) is 14.6. The van der Waals surface area contributed by atoms with Crippen molar-refractivity contribution in [1.82, 2.24) is 0 Å². The van der Waals surface area contributed by atoms with E-state index < -0.39 is 8.32 Å². The molecule has 0 bridgehead atoms. The van der Waals surface area contributed by atoms with Gasteiger partial charge in [0.15, 0.2) is 8.32 Å². The Morgan fingerprint density at radius 2 is 1.80 bits per heavy atom. The van der Waals surface area contributed by atoms with Crippen molar-refractivity contribution in [2.45, 2.75) is 88.3 Å². The van der Waals surface area contributed by atoms with E-state index in [1.54, 1.807) is 0 Å². The van der Waals surface area contributed by atoms with Gasteiger partial charge in [0, 0.05) is 12.8 Å². The largest absolute Gasteiger partial charge is 0.412 e. The minimum absolute atomic E-state index is 0.0114. The lowest BCUT2D eigenvalue weighted by molar-refractivity contribution is -0.119. The maximum atomic E-state index is 12.4. The normalized spacial score (nSPS) is 18.2. The number of ether oxygens (including phenoxy) is 1. The Bertz CT molecular complexity index is 652. The molecule has 3 nitrogen and oxygen atoms in total. The second-order valence-electron chi connectivity index (χ2n) is 9.74. The summed E-state index contributed by atoms with van der Waals surface area (Å²) in [5.74, 6) is 2.61. The maximum absolute atomic E-state index is 12.4. The Hall–Kier alpha value is -0.273. The van der Waals surface area contributed by atoms with Crippen LogP contribution in [0.1, 0.15) is 58.9 Å². The maximum Gasteiger partial charge on any atom is 0.192 e. The first-order chi connectivity index (χ1) is 14.1. The molecule has 0 aromatic heterocycles. The van der Waals surface area contributed by atoms with E-state index in [1.807, 2.05) is 48.6 Å². The molecule has 0 radical (unpaired) electrons. The van der Waals surface area contributed by atoms with Crippen LogP contribution in [0.25, 0.3) is 0 Å². The van der Waals surface area contributed by atoms with E-state index in [-0.39, 0.29) is 15.2 Å². The van der Waals surface area contributed by atoms with Crippen molar-refractivity contribution in [3.63, 3.8) is 0 Å². The van der Waals surface area contributed by atoms with E-state index in [2.05, 4.69) is 46.0 Å². The van der Waals surface area contributed by atoms with Crippen LogP contribution in [0.5, 0.6) is 0 Å². The van der Waals surface area contributed by atoms with Crippen LogP contribution < -0.4 is 0 Å². The van der Waals surface area contributed by atoms with Crippen LogP contribution in [-0.4, -0.2) is 42.4 Å². The Morgan fingerprint density at radius 3 is 2.37 bits per heavy atom. The van der Waals surface area contributed by atoms with Gasteiger partial charge >= 0.3 is 0 Å². The first-order valence-electron chi connectivity index (χ1n) is 11.2. The molecule has 1 aromatic rings. The highest BCUT2D eigenvalue weighted by Gasteiger charge is 2.43. The van der Waals surface area contributed by atoms with Crippen LogP contribution in [-0.2, 0) is 20.6 Å². The number of thioether (sulfide) groups is 2. The van der Waals surface area contributed by atoms with Crippen LogP contribution in [0.15, 0.2) is 30.3 Å². The van der Waals surface area contributed by atoms with E-state index in [0.717, 1.165) is 17.9 Å². The van der Waals surface area contributed by atoms with E-state index in [0.29, 0.717) is 31.8 Å². The molecule has 0 unspecified atom stereocenters. The summed E-state index contributed by atoms with van der Waals surface area (Å²) in [6.07, 6.45) is 3.35. The SMILES string of the molecule is CCC(=O)CC1(C[C@@H](COCc2ccccc2)O[Si](C)(C)C(C)(C)C)SCCCS1. The number of Topliss-reactive ketones (excluding diaryl/α,β-unsaturated/α-hetero) is 1. The number of hydrogen-bond donors (Lipinski definition) is 0. The molecule has 2 rings (SSSR count). The quantitative estimate of drug-likeness (QED) is 0.329. The summed E-state index contributed by atoms with van der Waals surface area (Å²) >= 11 is 3.94. The summed E-state index contributed by atoms with van der Waals surface area (Å²) in [5.41, 5.74) is 1.18. The van der Waals surface area contributed by atoms with Crippen molar-refractivity contribution in [2.24, 2.45) is 0 Å². The van der Waals surface area contributed by atoms with Gasteiger partial charge in [-0.25, -0.2) is 0 Å². The van der Waals surface area contributed by atoms with E-state index in [4.69, 9.17) is 9.16 Å². The van der Waals surface area contributed by atoms with Gasteiger partial charge in [-0.2, -0.15) is 0 Å². The summed E-state index contributed by atoms with van der Waals surface area (Å²) in [4.78, 5) is 12.4. The third-order valence-electron chi connectivity index (χ3n) is 6.10. The van der Waals surface area contributed by atoms with Crippen molar-refractivity contribution in [3.05, 3.63) is 35.9 Å². The van der Waals surface area contributed by atoms with Crippen molar-refractivity contribution in [3.8, 4) is 0 Å². The summed E-state index contributed by atoms with van der Waals surface area (Å²) in [6, 6.07) is 10.3. The molecule has 0 aliphatic carbocycles. The lowest BCUT2D eigenvalue weighted by Gasteiger charge is -2.43. The van der Waals surface area contributed by atoms with Gasteiger partial charge in [0.1, 0.15) is 5.78 Å². The minimum atomic E-state index is -1.95. The first-order valence-corrected chi connectivity index (χ1v) is 16.0. The molecular formula is C24H40O3S2Si. The molecule has 1 aromatic carbocycles. The third kappa shape index (κ3) is 8.01. The molecule has 170 valence electrons. The van der Waals surface area contributed by atoms with Gasteiger partial charge in [0.2, 0.25) is 0 Å². The van der Waals surface area contributed by atoms with Gasteiger partial charge in [0.05, 0.1) is 23.4 Å². The molecule has 30 heavy (non-hydrogen) atoms. The number of rotatable bonds is 11. The Morgan fingerprint density at radius 1 is 1.17 bits per heavy atom. The molecule has 0 amide bonds. The predicted molar refractivity (Wildman–Crippen MR) is 135 cm³/mol. The van der Waals surface area contributed by atoms with E-state index in [1.165, 1.54) is 12.0 Å². The molecule has 0 N–H and O–H groups in total. The Kier molecular flexibility index (Phi) is 10.0. The van der Waals surface area contributed by atoms with Crippen LogP contribution in [0.4, 0.5) is 0 Å². The Labute approximate surface area is 193 Å². The molecular weight excluding hydrogens is 428 g/mol. The summed E-state index contributed by atoms with van der Waals surface area (Å²) < 4.78 is 12.9. The van der Waals surface area contributed by atoms with Gasteiger partial charge in [-0.15, -0.1) is 23.5 Å². The molecule has 1 fully saturated rings. The average molecular weight is 469 g/mol. The van der Waals surface area contributed by atoms with Gasteiger partial charge in [0.25, 0.3) is 0 Å². The number of carbonyl (C=O) groups excluding carboxylic acids is 1. The zero-order chi connectivity index (χ0) is 22.3. The number of benzene rings is 1. The van der Waals surface area contributed by atoms with E-state index >= 15 is 0 Å². The van der Waals surface area contributed by atoms with Gasteiger partial charge in [-0.05, 0) is 48.0 Å². The fraction of sp³-hybridized carbons (Fsp3) is 0.708. The van der Waals surface area contributed by atoms with Crippen LogP contribution >= 0.6 is 23.5 Å². The lowest BCUT2D eigenvalue weighted by atomic mass is 10.1. The molecule has 6 heteroatoms. The first kappa shape index (κ1) is 26.0. The van der Waals surface area contributed by atoms with Crippen LogP contribution in [0.2, 0.25) is 18.1 Å². The highest BCUT2D eigenvalue weighted by Crippen LogP contribution is 2.49. The lowest BCUT2D eigenvalue weighted by Crippen LogP contribution is -2.47. The minimum Gasteiger partial charge on any atom is -0.412 e. The molecule has 1 heterocycles. The average Bonchev–Trinajstić information content (AvgIpc) is 2.68. The second-order valence-corrected chi connectivity index (χ2v) is 17.7. The number of ketones is 1. The van der Waals surface area contributed by atoms with Crippen molar-refractivity contribution in [1.29, 1.82) is 0 Å². The number of hydrogen-bond acceptors (Lipinski definition) is 5. The molecule has 0 spiro atoms.